The number of hydrogen-bond acceptors (Lipinski definition) is 3. The fraction of sp³-hybridized carbons (Fsp3) is 0.533. The van der Waals surface area contributed by atoms with Gasteiger partial charge in [-0.25, -0.2) is 4.39 Å². The molecule has 1 heterocycles. The van der Waals surface area contributed by atoms with E-state index in [4.69, 9.17) is 18.0 Å². The lowest BCUT2D eigenvalue weighted by atomic mass is 10.1. The van der Waals surface area contributed by atoms with E-state index in [-0.39, 0.29) is 10.8 Å². The molecule has 3 nitrogen and oxygen atoms in total. The minimum absolute atomic E-state index is 0.0980. The maximum Gasteiger partial charge on any atom is 0.135 e. The highest BCUT2D eigenvalue weighted by molar-refractivity contribution is 7.80. The maximum absolute atomic E-state index is 13.8. The molecule has 1 atom stereocenters. The minimum Gasteiger partial charge on any atom is -0.389 e. The number of nitrogens with one attached hydrogen (secondary N) is 1. The summed E-state index contributed by atoms with van der Waals surface area (Å²) in [7, 11) is 0. The molecule has 0 spiro atoms. The van der Waals surface area contributed by atoms with Crippen LogP contribution < -0.4 is 11.1 Å². The molecular formula is C15H22FN3S. The van der Waals surface area contributed by atoms with Crippen molar-refractivity contribution in [2.45, 2.75) is 26.3 Å². The number of anilines is 1. The zero-order valence-electron chi connectivity index (χ0n) is 12.0. The van der Waals surface area contributed by atoms with E-state index in [1.807, 2.05) is 6.07 Å². The molecule has 1 aromatic carbocycles. The second-order valence-electron chi connectivity index (χ2n) is 5.65. The molecule has 110 valence electrons. The summed E-state index contributed by atoms with van der Waals surface area (Å²) in [5.41, 5.74) is 6.62. The van der Waals surface area contributed by atoms with Crippen LogP contribution in [0.3, 0.4) is 0 Å². The fourth-order valence-corrected chi connectivity index (χ4v) is 2.88. The molecule has 3 N–H and O–H groups in total. The van der Waals surface area contributed by atoms with Gasteiger partial charge in [-0.3, -0.25) is 0 Å². The summed E-state index contributed by atoms with van der Waals surface area (Å²) in [5, 5.41) is 3.30. The highest BCUT2D eigenvalue weighted by Crippen LogP contribution is 2.22. The smallest absolute Gasteiger partial charge is 0.135 e. The summed E-state index contributed by atoms with van der Waals surface area (Å²) in [5.74, 6) is 0.220. The lowest BCUT2D eigenvalue weighted by Gasteiger charge is -2.20. The SMILES string of the molecule is CC(C)N1CCC(CNc2cccc(F)c2C(N)=S)C1. The molecule has 0 bridgehead atoms. The van der Waals surface area contributed by atoms with Gasteiger partial charge in [0.2, 0.25) is 0 Å². The van der Waals surface area contributed by atoms with Gasteiger partial charge in [0, 0.05) is 24.8 Å². The molecule has 0 aliphatic carbocycles. The molecule has 1 fully saturated rings. The van der Waals surface area contributed by atoms with Crippen molar-refractivity contribution in [2.24, 2.45) is 11.7 Å². The number of rotatable bonds is 5. The Morgan fingerprint density at radius 3 is 2.90 bits per heavy atom. The molecule has 1 aromatic rings. The third-order valence-corrected chi connectivity index (χ3v) is 4.09. The Kier molecular flexibility index (Phi) is 4.94. The summed E-state index contributed by atoms with van der Waals surface area (Å²) in [6.45, 7) is 7.47. The van der Waals surface area contributed by atoms with E-state index < -0.39 is 0 Å². The summed E-state index contributed by atoms with van der Waals surface area (Å²) >= 11 is 4.93. The summed E-state index contributed by atoms with van der Waals surface area (Å²) in [6.07, 6.45) is 1.17. The van der Waals surface area contributed by atoms with Gasteiger partial charge in [-0.05, 0) is 44.9 Å². The number of halogens is 1. The van der Waals surface area contributed by atoms with E-state index in [1.165, 1.54) is 12.5 Å². The molecule has 1 aliphatic heterocycles. The predicted octanol–water partition coefficient (Wildman–Crippen LogP) is 2.60. The van der Waals surface area contributed by atoms with E-state index in [9.17, 15) is 4.39 Å². The van der Waals surface area contributed by atoms with Crippen LogP contribution in [0.15, 0.2) is 18.2 Å². The van der Waals surface area contributed by atoms with Crippen molar-refractivity contribution in [2.75, 3.05) is 25.0 Å². The van der Waals surface area contributed by atoms with Crippen LogP contribution in [0.1, 0.15) is 25.8 Å². The first-order chi connectivity index (χ1) is 9.49. The lowest BCUT2D eigenvalue weighted by molar-refractivity contribution is 0.266. The van der Waals surface area contributed by atoms with Gasteiger partial charge >= 0.3 is 0 Å². The largest absolute Gasteiger partial charge is 0.389 e. The second kappa shape index (κ2) is 6.50. The molecule has 0 amide bonds. The first kappa shape index (κ1) is 15.2. The van der Waals surface area contributed by atoms with E-state index in [0.29, 0.717) is 23.2 Å². The summed E-state index contributed by atoms with van der Waals surface area (Å²) in [4.78, 5) is 2.56. The third-order valence-electron chi connectivity index (χ3n) is 3.89. The summed E-state index contributed by atoms with van der Waals surface area (Å²) < 4.78 is 13.8. The molecule has 1 saturated heterocycles. The Labute approximate surface area is 125 Å². The van der Waals surface area contributed by atoms with Crippen LogP contribution in [-0.4, -0.2) is 35.6 Å². The Balaban J connectivity index is 1.98. The number of nitrogens with zero attached hydrogens (tertiary/aromatic N) is 1. The van der Waals surface area contributed by atoms with Crippen molar-refractivity contribution in [3.8, 4) is 0 Å². The average Bonchev–Trinajstić information content (AvgIpc) is 2.84. The predicted molar refractivity (Wildman–Crippen MR) is 85.6 cm³/mol. The van der Waals surface area contributed by atoms with E-state index >= 15 is 0 Å². The first-order valence-corrected chi connectivity index (χ1v) is 7.46. The van der Waals surface area contributed by atoms with Gasteiger partial charge in [-0.1, -0.05) is 18.3 Å². The van der Waals surface area contributed by atoms with Gasteiger partial charge in [-0.2, -0.15) is 0 Å². The molecule has 1 aliphatic rings. The quantitative estimate of drug-likeness (QED) is 0.819. The van der Waals surface area contributed by atoms with Crippen LogP contribution in [-0.2, 0) is 0 Å². The lowest BCUT2D eigenvalue weighted by Crippen LogP contribution is -2.29. The molecular weight excluding hydrogens is 273 g/mol. The van der Waals surface area contributed by atoms with Crippen molar-refractivity contribution in [3.63, 3.8) is 0 Å². The van der Waals surface area contributed by atoms with Crippen molar-refractivity contribution in [1.29, 1.82) is 0 Å². The van der Waals surface area contributed by atoms with E-state index in [1.54, 1.807) is 6.07 Å². The van der Waals surface area contributed by atoms with Crippen molar-refractivity contribution in [1.82, 2.24) is 4.90 Å². The average molecular weight is 295 g/mol. The van der Waals surface area contributed by atoms with Gasteiger partial charge in [0.05, 0.1) is 5.56 Å². The Morgan fingerprint density at radius 2 is 2.30 bits per heavy atom. The molecule has 0 radical (unpaired) electrons. The third kappa shape index (κ3) is 3.46. The molecule has 1 unspecified atom stereocenters. The topological polar surface area (TPSA) is 41.3 Å². The van der Waals surface area contributed by atoms with Crippen LogP contribution >= 0.6 is 12.2 Å². The Bertz CT molecular complexity index is 490. The molecule has 0 aromatic heterocycles. The van der Waals surface area contributed by atoms with Crippen LogP contribution in [0.4, 0.5) is 10.1 Å². The number of nitrogens with two attached hydrogens (primary N) is 1. The molecule has 2 rings (SSSR count). The fourth-order valence-electron chi connectivity index (χ4n) is 2.67. The van der Waals surface area contributed by atoms with Gasteiger partial charge < -0.3 is 16.0 Å². The van der Waals surface area contributed by atoms with Crippen LogP contribution in [0.5, 0.6) is 0 Å². The molecule has 5 heteroatoms. The van der Waals surface area contributed by atoms with Gasteiger partial charge in [0.1, 0.15) is 10.8 Å². The standard InChI is InChI=1S/C15H22FN3S/c1-10(2)19-7-6-11(9-19)8-18-13-5-3-4-12(16)14(13)15(17)20/h3-5,10-11,18H,6-9H2,1-2H3,(H2,17,20). The van der Waals surface area contributed by atoms with Gasteiger partial charge in [0.25, 0.3) is 0 Å². The molecule has 0 saturated carbocycles. The number of likely N-dealkylation sites (tertiary alicyclic amines) is 1. The number of thiocarbonyl (C=S) groups is 1. The zero-order chi connectivity index (χ0) is 14.7. The van der Waals surface area contributed by atoms with Crippen LogP contribution in [0.25, 0.3) is 0 Å². The Morgan fingerprint density at radius 1 is 1.55 bits per heavy atom. The maximum atomic E-state index is 13.8. The van der Waals surface area contributed by atoms with Crippen molar-refractivity contribution < 1.29 is 4.39 Å². The minimum atomic E-state index is -0.363. The number of hydrogen-bond donors (Lipinski definition) is 2. The Hall–Kier alpha value is -1.20. The monoisotopic (exact) mass is 295 g/mol. The van der Waals surface area contributed by atoms with Crippen molar-refractivity contribution >= 4 is 22.9 Å². The van der Waals surface area contributed by atoms with Crippen LogP contribution in [0.2, 0.25) is 0 Å². The van der Waals surface area contributed by atoms with E-state index in [2.05, 4.69) is 24.1 Å². The second-order valence-corrected chi connectivity index (χ2v) is 6.09. The van der Waals surface area contributed by atoms with E-state index in [0.717, 1.165) is 19.6 Å². The van der Waals surface area contributed by atoms with Gasteiger partial charge in [0.15, 0.2) is 0 Å². The highest BCUT2D eigenvalue weighted by Gasteiger charge is 2.24. The normalized spacial score (nSPS) is 19.5. The van der Waals surface area contributed by atoms with Crippen molar-refractivity contribution in [3.05, 3.63) is 29.6 Å². The van der Waals surface area contributed by atoms with Crippen LogP contribution in [0, 0.1) is 11.7 Å². The zero-order valence-corrected chi connectivity index (χ0v) is 12.8. The number of benzene rings is 1. The van der Waals surface area contributed by atoms with Gasteiger partial charge in [-0.15, -0.1) is 0 Å². The summed E-state index contributed by atoms with van der Waals surface area (Å²) in [6, 6.07) is 5.47. The highest BCUT2D eigenvalue weighted by atomic mass is 32.1. The molecule has 20 heavy (non-hydrogen) atoms. The first-order valence-electron chi connectivity index (χ1n) is 7.05.